The molecule has 0 atom stereocenters. The predicted molar refractivity (Wildman–Crippen MR) is 151 cm³/mol. The second-order valence-electron chi connectivity index (χ2n) is 10.4. The molecule has 0 aromatic rings. The first-order chi connectivity index (χ1) is 17.5. The Bertz CT molecular complexity index is 484. The van der Waals surface area contributed by atoms with Crippen LogP contribution in [0.2, 0.25) is 0 Å². The summed E-state index contributed by atoms with van der Waals surface area (Å²) in [5.41, 5.74) is 0. The number of allylic oxidation sites excluding steroid dienone is 2. The van der Waals surface area contributed by atoms with Crippen molar-refractivity contribution in [1.82, 2.24) is 0 Å². The number of hydrogen-bond acceptors (Lipinski definition) is 4. The SMILES string of the molecule is CCCCCCCC/C=C\CCCCCCCC(=O)[O-].CCCCCCCCCCCCCC(=O)[O-].[Na+].[Na+]. The Hall–Kier alpha value is 0.680. The van der Waals surface area contributed by atoms with Crippen molar-refractivity contribution in [3.8, 4) is 0 Å². The smallest absolute Gasteiger partial charge is 0.550 e. The van der Waals surface area contributed by atoms with E-state index in [9.17, 15) is 19.8 Å². The molecular weight excluding hydrogens is 494 g/mol. The number of aliphatic carboxylic acids is 2. The molecule has 38 heavy (non-hydrogen) atoms. The van der Waals surface area contributed by atoms with Crippen LogP contribution in [0.4, 0.5) is 0 Å². The van der Waals surface area contributed by atoms with Crippen molar-refractivity contribution in [1.29, 1.82) is 0 Å². The van der Waals surface area contributed by atoms with Gasteiger partial charge in [-0.1, -0.05) is 142 Å². The zero-order valence-corrected chi connectivity index (χ0v) is 30.2. The first-order valence-electron chi connectivity index (χ1n) is 15.6. The minimum atomic E-state index is -0.914. The number of carbonyl (C=O) groups excluding carboxylic acids is 2. The van der Waals surface area contributed by atoms with Crippen molar-refractivity contribution in [3.63, 3.8) is 0 Å². The second kappa shape index (κ2) is 42.2. The predicted octanol–water partition coefficient (Wildman–Crippen LogP) is 2.22. The van der Waals surface area contributed by atoms with Gasteiger partial charge in [0.15, 0.2) is 0 Å². The Balaban J connectivity index is -0.000000295. The molecule has 0 aliphatic heterocycles. The number of unbranched alkanes of at least 4 members (excludes halogenated alkanes) is 21. The van der Waals surface area contributed by atoms with Gasteiger partial charge < -0.3 is 19.8 Å². The summed E-state index contributed by atoms with van der Waals surface area (Å²) < 4.78 is 0. The fourth-order valence-electron chi connectivity index (χ4n) is 4.27. The van der Waals surface area contributed by atoms with Gasteiger partial charge in [-0.05, 0) is 51.4 Å². The summed E-state index contributed by atoms with van der Waals surface area (Å²) in [6.07, 6.45) is 34.9. The fraction of sp³-hybridized carbons (Fsp3) is 0.875. The average Bonchev–Trinajstić information content (AvgIpc) is 2.85. The van der Waals surface area contributed by atoms with Gasteiger partial charge in [-0.25, -0.2) is 0 Å². The third kappa shape index (κ3) is 49.6. The minimum Gasteiger partial charge on any atom is -0.550 e. The summed E-state index contributed by atoms with van der Waals surface area (Å²) in [4.78, 5) is 20.4. The van der Waals surface area contributed by atoms with Crippen molar-refractivity contribution < 1.29 is 78.9 Å². The molecular formula is C32H60Na2O4. The Morgan fingerprint density at radius 2 is 0.658 bits per heavy atom. The normalized spacial score (nSPS) is 10.4. The molecule has 6 heteroatoms. The molecule has 4 nitrogen and oxygen atoms in total. The molecule has 0 bridgehead atoms. The average molecular weight is 555 g/mol. The van der Waals surface area contributed by atoms with Crippen LogP contribution in [0, 0.1) is 0 Å². The van der Waals surface area contributed by atoms with Crippen LogP contribution in [0.5, 0.6) is 0 Å². The number of carboxylic acid groups (broad SMARTS) is 2. The molecule has 214 valence electrons. The summed E-state index contributed by atoms with van der Waals surface area (Å²) in [7, 11) is 0. The Labute approximate surface area is 281 Å². The van der Waals surface area contributed by atoms with Gasteiger partial charge in [-0.3, -0.25) is 0 Å². The van der Waals surface area contributed by atoms with Crippen LogP contribution in [0.25, 0.3) is 0 Å². The molecule has 0 saturated carbocycles. The summed E-state index contributed by atoms with van der Waals surface area (Å²) in [5, 5.41) is 20.4. The molecule has 0 saturated heterocycles. The van der Waals surface area contributed by atoms with Gasteiger partial charge in [0.2, 0.25) is 0 Å². The third-order valence-corrected chi connectivity index (χ3v) is 6.63. The summed E-state index contributed by atoms with van der Waals surface area (Å²) in [5.74, 6) is -1.82. The molecule has 0 amide bonds. The standard InChI is InChI=1S/C18H34O2.C14H28O2.2Na/c1-2-3-4-5-6-7-8-9-10-11-12-13-14-15-16-17-18(19)20;1-2-3-4-5-6-7-8-9-10-11-12-13-14(15)16;;/h9-10H,2-8,11-17H2,1H3,(H,19,20);2-13H2,1H3,(H,15,16);;/q;;2*+1/p-2/b10-9-;;;. The monoisotopic (exact) mass is 554 g/mol. The molecule has 0 rings (SSSR count). The third-order valence-electron chi connectivity index (χ3n) is 6.63. The van der Waals surface area contributed by atoms with Gasteiger partial charge in [0, 0.05) is 11.9 Å². The summed E-state index contributed by atoms with van der Waals surface area (Å²) >= 11 is 0. The molecule has 0 aromatic heterocycles. The van der Waals surface area contributed by atoms with Gasteiger partial charge in [0.05, 0.1) is 0 Å². The maximum atomic E-state index is 10.2. The largest absolute Gasteiger partial charge is 1.00 e. The van der Waals surface area contributed by atoms with Crippen LogP contribution in [-0.4, -0.2) is 11.9 Å². The van der Waals surface area contributed by atoms with Crippen molar-refractivity contribution in [2.45, 2.75) is 181 Å². The van der Waals surface area contributed by atoms with E-state index in [1.54, 1.807) is 0 Å². The number of carbonyl (C=O) groups is 2. The van der Waals surface area contributed by atoms with Crippen molar-refractivity contribution in [2.75, 3.05) is 0 Å². The van der Waals surface area contributed by atoms with E-state index in [-0.39, 0.29) is 72.0 Å². The Kier molecular flexibility index (Phi) is 50.6. The van der Waals surface area contributed by atoms with Crippen LogP contribution in [0.15, 0.2) is 12.2 Å². The van der Waals surface area contributed by atoms with E-state index in [4.69, 9.17) is 0 Å². The quantitative estimate of drug-likeness (QED) is 0.0886. The first-order valence-corrected chi connectivity index (χ1v) is 15.6. The Morgan fingerprint density at radius 1 is 0.421 bits per heavy atom. The van der Waals surface area contributed by atoms with Crippen LogP contribution < -0.4 is 69.3 Å². The van der Waals surface area contributed by atoms with Gasteiger partial charge in [-0.15, -0.1) is 0 Å². The van der Waals surface area contributed by atoms with Gasteiger partial charge in [0.1, 0.15) is 0 Å². The van der Waals surface area contributed by atoms with E-state index >= 15 is 0 Å². The molecule has 0 heterocycles. The first kappa shape index (κ1) is 45.7. The van der Waals surface area contributed by atoms with Crippen LogP contribution in [0.3, 0.4) is 0 Å². The maximum absolute atomic E-state index is 10.2. The topological polar surface area (TPSA) is 80.3 Å². The van der Waals surface area contributed by atoms with Crippen LogP contribution in [-0.2, 0) is 9.59 Å². The zero-order valence-electron chi connectivity index (χ0n) is 26.2. The van der Waals surface area contributed by atoms with E-state index in [2.05, 4.69) is 26.0 Å². The van der Waals surface area contributed by atoms with Crippen molar-refractivity contribution >= 4 is 11.9 Å². The van der Waals surface area contributed by atoms with Gasteiger partial charge >= 0.3 is 59.1 Å². The van der Waals surface area contributed by atoms with E-state index in [1.165, 1.54) is 122 Å². The van der Waals surface area contributed by atoms with Crippen molar-refractivity contribution in [3.05, 3.63) is 12.2 Å². The van der Waals surface area contributed by atoms with Crippen LogP contribution in [0.1, 0.15) is 181 Å². The second-order valence-corrected chi connectivity index (χ2v) is 10.4. The molecule has 0 unspecified atom stereocenters. The van der Waals surface area contributed by atoms with Crippen LogP contribution >= 0.6 is 0 Å². The molecule has 0 N–H and O–H groups in total. The van der Waals surface area contributed by atoms with Crippen molar-refractivity contribution in [2.24, 2.45) is 0 Å². The molecule has 0 aromatic carbocycles. The summed E-state index contributed by atoms with van der Waals surface area (Å²) in [6.45, 7) is 4.50. The molecule has 0 spiro atoms. The zero-order chi connectivity index (χ0) is 27.0. The van der Waals surface area contributed by atoms with Gasteiger partial charge in [-0.2, -0.15) is 0 Å². The molecule has 0 aliphatic carbocycles. The minimum absolute atomic E-state index is 0. The van der Waals surface area contributed by atoms with Gasteiger partial charge in [0.25, 0.3) is 0 Å². The van der Waals surface area contributed by atoms with E-state index in [1.807, 2.05) is 0 Å². The molecule has 0 fully saturated rings. The molecule has 0 radical (unpaired) electrons. The molecule has 0 aliphatic rings. The van der Waals surface area contributed by atoms with E-state index in [0.29, 0.717) is 0 Å². The number of hydrogen-bond donors (Lipinski definition) is 0. The Morgan fingerprint density at radius 3 is 0.921 bits per heavy atom. The fourth-order valence-corrected chi connectivity index (χ4v) is 4.27. The summed E-state index contributed by atoms with van der Waals surface area (Å²) in [6, 6.07) is 0. The number of carboxylic acids is 2. The number of rotatable bonds is 27. The van der Waals surface area contributed by atoms with E-state index < -0.39 is 11.9 Å². The van der Waals surface area contributed by atoms with E-state index in [0.717, 1.165) is 32.1 Å². The maximum Gasteiger partial charge on any atom is 1.00 e.